The van der Waals surface area contributed by atoms with Gasteiger partial charge < -0.3 is 5.32 Å². The molecule has 0 unspecified atom stereocenters. The van der Waals surface area contributed by atoms with Crippen LogP contribution < -0.4 is 5.32 Å². The van der Waals surface area contributed by atoms with E-state index in [1.807, 2.05) is 19.9 Å². The maximum atomic E-state index is 11.6. The molecule has 0 aliphatic heterocycles. The lowest BCUT2D eigenvalue weighted by Gasteiger charge is -2.22. The van der Waals surface area contributed by atoms with Crippen LogP contribution in [0.25, 0.3) is 0 Å². The molecule has 1 aromatic rings. The molecule has 2 heteroatoms. The van der Waals surface area contributed by atoms with Crippen molar-refractivity contribution < 1.29 is 4.79 Å². The molecule has 1 rings (SSSR count). The van der Waals surface area contributed by atoms with Gasteiger partial charge in [0.1, 0.15) is 0 Å². The topological polar surface area (TPSA) is 29.1 Å². The first kappa shape index (κ1) is 11.8. The van der Waals surface area contributed by atoms with E-state index < -0.39 is 0 Å². The minimum Gasteiger partial charge on any atom is -0.359 e. The van der Waals surface area contributed by atoms with Crippen molar-refractivity contribution in [2.24, 2.45) is 5.41 Å². The van der Waals surface area contributed by atoms with Gasteiger partial charge >= 0.3 is 0 Å². The average Bonchev–Trinajstić information content (AvgIpc) is 2.15. The maximum Gasteiger partial charge on any atom is 0.225 e. The first-order chi connectivity index (χ1) is 6.95. The fraction of sp³-hybridized carbons (Fsp3) is 0.462. The molecule has 0 fully saturated rings. The SMILES string of the molecule is CNC(=O)C(C)(C)Cc1cccc(C)c1. The number of benzene rings is 1. The van der Waals surface area contributed by atoms with Gasteiger partial charge in [0, 0.05) is 12.5 Å². The largest absolute Gasteiger partial charge is 0.359 e. The van der Waals surface area contributed by atoms with Gasteiger partial charge in [-0.3, -0.25) is 4.79 Å². The second-order valence-corrected chi connectivity index (χ2v) is 4.63. The molecule has 82 valence electrons. The van der Waals surface area contributed by atoms with Crippen LogP contribution in [0.1, 0.15) is 25.0 Å². The maximum absolute atomic E-state index is 11.6. The number of nitrogens with one attached hydrogen (secondary N) is 1. The quantitative estimate of drug-likeness (QED) is 0.806. The van der Waals surface area contributed by atoms with Crippen molar-refractivity contribution in [1.82, 2.24) is 5.32 Å². The Morgan fingerprint density at radius 2 is 2.07 bits per heavy atom. The van der Waals surface area contributed by atoms with Crippen molar-refractivity contribution in [3.63, 3.8) is 0 Å². The number of hydrogen-bond acceptors (Lipinski definition) is 1. The van der Waals surface area contributed by atoms with Crippen molar-refractivity contribution in [2.75, 3.05) is 7.05 Å². The minimum atomic E-state index is -0.345. The van der Waals surface area contributed by atoms with Gasteiger partial charge in [0.2, 0.25) is 5.91 Å². The zero-order chi connectivity index (χ0) is 11.5. The van der Waals surface area contributed by atoms with Crippen molar-refractivity contribution in [1.29, 1.82) is 0 Å². The van der Waals surface area contributed by atoms with Gasteiger partial charge in [-0.05, 0) is 18.9 Å². The fourth-order valence-electron chi connectivity index (χ4n) is 1.75. The Morgan fingerprint density at radius 1 is 1.40 bits per heavy atom. The number of carbonyl (C=O) groups excluding carboxylic acids is 1. The molecule has 0 aliphatic rings. The van der Waals surface area contributed by atoms with Crippen LogP contribution in [-0.2, 0) is 11.2 Å². The molecule has 0 bridgehead atoms. The minimum absolute atomic E-state index is 0.0870. The zero-order valence-electron chi connectivity index (χ0n) is 9.92. The third-order valence-electron chi connectivity index (χ3n) is 2.57. The van der Waals surface area contributed by atoms with Crippen LogP contribution in [0.2, 0.25) is 0 Å². The lowest BCUT2D eigenvalue weighted by atomic mass is 9.84. The highest BCUT2D eigenvalue weighted by atomic mass is 16.2. The Balaban J connectivity index is 2.81. The second-order valence-electron chi connectivity index (χ2n) is 4.63. The molecular formula is C13H19NO. The van der Waals surface area contributed by atoms with Crippen LogP contribution >= 0.6 is 0 Å². The summed E-state index contributed by atoms with van der Waals surface area (Å²) in [4.78, 5) is 11.6. The molecule has 1 amide bonds. The Bertz CT molecular complexity index is 355. The van der Waals surface area contributed by atoms with Crippen LogP contribution in [0.4, 0.5) is 0 Å². The smallest absolute Gasteiger partial charge is 0.225 e. The molecule has 0 spiro atoms. The molecule has 0 radical (unpaired) electrons. The third kappa shape index (κ3) is 3.08. The highest BCUT2D eigenvalue weighted by molar-refractivity contribution is 5.81. The van der Waals surface area contributed by atoms with E-state index in [1.54, 1.807) is 7.05 Å². The molecule has 1 N–H and O–H groups in total. The molecule has 0 atom stereocenters. The predicted octanol–water partition coefficient (Wildman–Crippen LogP) is 2.31. The summed E-state index contributed by atoms with van der Waals surface area (Å²) < 4.78 is 0. The first-order valence-electron chi connectivity index (χ1n) is 5.23. The Hall–Kier alpha value is -1.31. The summed E-state index contributed by atoms with van der Waals surface area (Å²) in [7, 11) is 1.68. The third-order valence-corrected chi connectivity index (χ3v) is 2.57. The highest BCUT2D eigenvalue weighted by Crippen LogP contribution is 2.22. The Labute approximate surface area is 91.7 Å². The highest BCUT2D eigenvalue weighted by Gasteiger charge is 2.26. The normalized spacial score (nSPS) is 11.2. The Kier molecular flexibility index (Phi) is 3.51. The fourth-order valence-corrected chi connectivity index (χ4v) is 1.75. The van der Waals surface area contributed by atoms with Crippen molar-refractivity contribution in [3.05, 3.63) is 35.4 Å². The summed E-state index contributed by atoms with van der Waals surface area (Å²) in [5, 5.41) is 2.70. The molecule has 0 aromatic heterocycles. The van der Waals surface area contributed by atoms with Crippen LogP contribution in [-0.4, -0.2) is 13.0 Å². The van der Waals surface area contributed by atoms with E-state index in [2.05, 4.69) is 30.4 Å². The van der Waals surface area contributed by atoms with E-state index in [0.29, 0.717) is 0 Å². The van der Waals surface area contributed by atoms with Gasteiger partial charge in [0.15, 0.2) is 0 Å². The predicted molar refractivity (Wildman–Crippen MR) is 62.7 cm³/mol. The van der Waals surface area contributed by atoms with Crippen LogP contribution in [0.3, 0.4) is 0 Å². The summed E-state index contributed by atoms with van der Waals surface area (Å²) >= 11 is 0. The molecular weight excluding hydrogens is 186 g/mol. The molecule has 15 heavy (non-hydrogen) atoms. The zero-order valence-corrected chi connectivity index (χ0v) is 9.92. The standard InChI is InChI=1S/C13H19NO/c1-10-6-5-7-11(8-10)9-13(2,3)12(15)14-4/h5-8H,9H2,1-4H3,(H,14,15). The molecule has 0 saturated heterocycles. The van der Waals surface area contributed by atoms with E-state index in [9.17, 15) is 4.79 Å². The lowest BCUT2D eigenvalue weighted by molar-refractivity contribution is -0.128. The Morgan fingerprint density at radius 3 is 2.60 bits per heavy atom. The van der Waals surface area contributed by atoms with E-state index in [-0.39, 0.29) is 11.3 Å². The number of carbonyl (C=O) groups is 1. The molecule has 1 aromatic carbocycles. The molecule has 0 aliphatic carbocycles. The van der Waals surface area contributed by atoms with E-state index >= 15 is 0 Å². The van der Waals surface area contributed by atoms with Gasteiger partial charge in [-0.25, -0.2) is 0 Å². The number of aryl methyl sites for hydroxylation is 1. The summed E-state index contributed by atoms with van der Waals surface area (Å²) in [5.41, 5.74) is 2.10. The van der Waals surface area contributed by atoms with Crippen LogP contribution in [0, 0.1) is 12.3 Å². The van der Waals surface area contributed by atoms with E-state index in [1.165, 1.54) is 11.1 Å². The molecule has 2 nitrogen and oxygen atoms in total. The van der Waals surface area contributed by atoms with Crippen LogP contribution in [0.15, 0.2) is 24.3 Å². The average molecular weight is 205 g/mol. The molecule has 0 heterocycles. The summed E-state index contributed by atoms with van der Waals surface area (Å²) in [6.07, 6.45) is 0.772. The van der Waals surface area contributed by atoms with Gasteiger partial charge in [-0.2, -0.15) is 0 Å². The molecule has 0 saturated carbocycles. The monoisotopic (exact) mass is 205 g/mol. The lowest BCUT2D eigenvalue weighted by Crippen LogP contribution is -2.36. The number of rotatable bonds is 3. The van der Waals surface area contributed by atoms with Crippen LogP contribution in [0.5, 0.6) is 0 Å². The van der Waals surface area contributed by atoms with Gasteiger partial charge in [0.25, 0.3) is 0 Å². The van der Waals surface area contributed by atoms with Crippen molar-refractivity contribution >= 4 is 5.91 Å². The van der Waals surface area contributed by atoms with Crippen molar-refractivity contribution in [3.8, 4) is 0 Å². The van der Waals surface area contributed by atoms with Crippen molar-refractivity contribution in [2.45, 2.75) is 27.2 Å². The summed E-state index contributed by atoms with van der Waals surface area (Å²) in [6, 6.07) is 8.30. The summed E-state index contributed by atoms with van der Waals surface area (Å²) in [5.74, 6) is 0.0870. The second kappa shape index (κ2) is 4.47. The number of hydrogen-bond donors (Lipinski definition) is 1. The van der Waals surface area contributed by atoms with E-state index in [0.717, 1.165) is 6.42 Å². The summed E-state index contributed by atoms with van der Waals surface area (Å²) in [6.45, 7) is 6.00. The van der Waals surface area contributed by atoms with Gasteiger partial charge in [-0.15, -0.1) is 0 Å². The van der Waals surface area contributed by atoms with Gasteiger partial charge in [-0.1, -0.05) is 43.7 Å². The number of amides is 1. The van der Waals surface area contributed by atoms with E-state index in [4.69, 9.17) is 0 Å². The van der Waals surface area contributed by atoms with Gasteiger partial charge in [0.05, 0.1) is 0 Å². The first-order valence-corrected chi connectivity index (χ1v) is 5.23.